The van der Waals surface area contributed by atoms with Crippen LogP contribution in [0.4, 0.5) is 5.82 Å². The quantitative estimate of drug-likeness (QED) is 0.884. The molecular formula is C16H21N3O2. The van der Waals surface area contributed by atoms with Crippen molar-refractivity contribution in [3.8, 4) is 22.8 Å². The van der Waals surface area contributed by atoms with Crippen molar-refractivity contribution >= 4 is 5.82 Å². The van der Waals surface area contributed by atoms with Crippen molar-refractivity contribution in [2.45, 2.75) is 20.3 Å². The standard InChI is InChI=1S/C16H21N3O2/c1-5-11-15(18-10-19-16(11)17-6-2)14-12(20-3)8-7-9-13(14)21-4/h7-10H,5-6H2,1-4H3,(H,17,18,19). The predicted molar refractivity (Wildman–Crippen MR) is 84.1 cm³/mol. The predicted octanol–water partition coefficient (Wildman–Crippen LogP) is 3.16. The van der Waals surface area contributed by atoms with Gasteiger partial charge in [0.15, 0.2) is 0 Å². The van der Waals surface area contributed by atoms with Crippen molar-refractivity contribution in [1.29, 1.82) is 0 Å². The zero-order valence-corrected chi connectivity index (χ0v) is 12.9. The first kappa shape index (κ1) is 15.1. The van der Waals surface area contributed by atoms with Crippen LogP contribution in [0, 0.1) is 0 Å². The Bertz CT molecular complexity index is 592. The van der Waals surface area contributed by atoms with Crippen LogP contribution in [-0.2, 0) is 6.42 Å². The highest BCUT2D eigenvalue weighted by atomic mass is 16.5. The monoisotopic (exact) mass is 287 g/mol. The Morgan fingerprint density at radius 3 is 2.24 bits per heavy atom. The Morgan fingerprint density at radius 2 is 1.71 bits per heavy atom. The van der Waals surface area contributed by atoms with E-state index in [1.165, 1.54) is 0 Å². The van der Waals surface area contributed by atoms with Crippen molar-refractivity contribution in [1.82, 2.24) is 9.97 Å². The highest BCUT2D eigenvalue weighted by molar-refractivity contribution is 5.78. The number of aromatic nitrogens is 2. The van der Waals surface area contributed by atoms with Crippen LogP contribution in [0.2, 0.25) is 0 Å². The van der Waals surface area contributed by atoms with E-state index in [-0.39, 0.29) is 0 Å². The van der Waals surface area contributed by atoms with E-state index < -0.39 is 0 Å². The molecule has 0 saturated heterocycles. The Morgan fingerprint density at radius 1 is 1.05 bits per heavy atom. The molecule has 0 radical (unpaired) electrons. The fourth-order valence-electron chi connectivity index (χ4n) is 2.37. The molecule has 0 unspecified atom stereocenters. The number of nitrogens with zero attached hydrogens (tertiary/aromatic N) is 2. The molecule has 0 atom stereocenters. The van der Waals surface area contributed by atoms with Crippen molar-refractivity contribution in [3.63, 3.8) is 0 Å². The molecule has 0 aliphatic heterocycles. The Hall–Kier alpha value is -2.30. The molecule has 0 amide bonds. The van der Waals surface area contributed by atoms with E-state index in [2.05, 4.69) is 22.2 Å². The van der Waals surface area contributed by atoms with Gasteiger partial charge in [-0.3, -0.25) is 0 Å². The molecular weight excluding hydrogens is 266 g/mol. The van der Waals surface area contributed by atoms with E-state index in [1.807, 2.05) is 25.1 Å². The molecule has 0 fully saturated rings. The maximum Gasteiger partial charge on any atom is 0.133 e. The van der Waals surface area contributed by atoms with Gasteiger partial charge in [-0.05, 0) is 25.5 Å². The molecule has 5 heteroatoms. The molecule has 5 nitrogen and oxygen atoms in total. The number of hydrogen-bond acceptors (Lipinski definition) is 5. The van der Waals surface area contributed by atoms with E-state index in [1.54, 1.807) is 20.5 Å². The molecule has 0 saturated carbocycles. The van der Waals surface area contributed by atoms with E-state index in [0.29, 0.717) is 0 Å². The lowest BCUT2D eigenvalue weighted by molar-refractivity contribution is 0.397. The molecule has 2 rings (SSSR count). The highest BCUT2D eigenvalue weighted by Crippen LogP contribution is 2.39. The first-order valence-corrected chi connectivity index (χ1v) is 7.05. The fourth-order valence-corrected chi connectivity index (χ4v) is 2.37. The van der Waals surface area contributed by atoms with Crippen LogP contribution in [0.3, 0.4) is 0 Å². The summed E-state index contributed by atoms with van der Waals surface area (Å²) < 4.78 is 11.0. The van der Waals surface area contributed by atoms with Gasteiger partial charge in [-0.1, -0.05) is 13.0 Å². The lowest BCUT2D eigenvalue weighted by Gasteiger charge is -2.16. The maximum atomic E-state index is 5.48. The van der Waals surface area contributed by atoms with Crippen molar-refractivity contribution in [3.05, 3.63) is 30.1 Å². The first-order valence-electron chi connectivity index (χ1n) is 7.05. The minimum atomic E-state index is 0.741. The van der Waals surface area contributed by atoms with Gasteiger partial charge in [0.25, 0.3) is 0 Å². The molecule has 1 N–H and O–H groups in total. The van der Waals surface area contributed by atoms with Gasteiger partial charge in [0.2, 0.25) is 0 Å². The van der Waals surface area contributed by atoms with Gasteiger partial charge < -0.3 is 14.8 Å². The number of benzene rings is 1. The van der Waals surface area contributed by atoms with Crippen LogP contribution in [0.25, 0.3) is 11.3 Å². The van der Waals surface area contributed by atoms with Crippen molar-refractivity contribution < 1.29 is 9.47 Å². The van der Waals surface area contributed by atoms with Gasteiger partial charge in [0.1, 0.15) is 23.6 Å². The molecule has 1 aromatic heterocycles. The second-order valence-corrected chi connectivity index (χ2v) is 4.47. The summed E-state index contributed by atoms with van der Waals surface area (Å²) in [5, 5.41) is 3.28. The van der Waals surface area contributed by atoms with Crippen LogP contribution in [-0.4, -0.2) is 30.7 Å². The summed E-state index contributed by atoms with van der Waals surface area (Å²) in [6, 6.07) is 5.72. The van der Waals surface area contributed by atoms with Gasteiger partial charge in [-0.25, -0.2) is 9.97 Å². The lowest BCUT2D eigenvalue weighted by atomic mass is 10.0. The van der Waals surface area contributed by atoms with E-state index in [0.717, 1.165) is 47.1 Å². The molecule has 1 heterocycles. The van der Waals surface area contributed by atoms with Crippen molar-refractivity contribution in [2.24, 2.45) is 0 Å². The van der Waals surface area contributed by atoms with Crippen LogP contribution in [0.15, 0.2) is 24.5 Å². The maximum absolute atomic E-state index is 5.48. The average molecular weight is 287 g/mol. The molecule has 0 spiro atoms. The number of ether oxygens (including phenoxy) is 2. The summed E-state index contributed by atoms with van der Waals surface area (Å²) >= 11 is 0. The fraction of sp³-hybridized carbons (Fsp3) is 0.375. The third-order valence-electron chi connectivity index (χ3n) is 3.31. The lowest BCUT2D eigenvalue weighted by Crippen LogP contribution is -2.06. The molecule has 2 aromatic rings. The Balaban J connectivity index is 2.69. The van der Waals surface area contributed by atoms with Crippen LogP contribution < -0.4 is 14.8 Å². The van der Waals surface area contributed by atoms with Crippen molar-refractivity contribution in [2.75, 3.05) is 26.1 Å². The smallest absolute Gasteiger partial charge is 0.133 e. The SMILES string of the molecule is CCNc1ncnc(-c2c(OC)cccc2OC)c1CC. The Labute approximate surface area is 125 Å². The summed E-state index contributed by atoms with van der Waals surface area (Å²) in [5.74, 6) is 2.34. The third kappa shape index (κ3) is 2.91. The second-order valence-electron chi connectivity index (χ2n) is 4.47. The van der Waals surface area contributed by atoms with Gasteiger partial charge in [0.05, 0.1) is 25.5 Å². The second kappa shape index (κ2) is 6.92. The van der Waals surface area contributed by atoms with Crippen LogP contribution in [0.1, 0.15) is 19.4 Å². The Kier molecular flexibility index (Phi) is 4.98. The molecule has 21 heavy (non-hydrogen) atoms. The first-order chi connectivity index (χ1) is 10.3. The summed E-state index contributed by atoms with van der Waals surface area (Å²) in [7, 11) is 3.30. The molecule has 0 bridgehead atoms. The number of rotatable bonds is 6. The summed E-state index contributed by atoms with van der Waals surface area (Å²) in [4.78, 5) is 8.80. The number of methoxy groups -OCH3 is 2. The molecule has 112 valence electrons. The summed E-state index contributed by atoms with van der Waals surface area (Å²) in [6.45, 7) is 4.95. The minimum absolute atomic E-state index is 0.741. The summed E-state index contributed by atoms with van der Waals surface area (Å²) in [6.07, 6.45) is 2.39. The van der Waals surface area contributed by atoms with Crippen LogP contribution in [0.5, 0.6) is 11.5 Å². The topological polar surface area (TPSA) is 56.3 Å². The number of nitrogens with one attached hydrogen (secondary N) is 1. The van der Waals surface area contributed by atoms with E-state index >= 15 is 0 Å². The van der Waals surface area contributed by atoms with Gasteiger partial charge >= 0.3 is 0 Å². The van der Waals surface area contributed by atoms with Gasteiger partial charge in [-0.2, -0.15) is 0 Å². The highest BCUT2D eigenvalue weighted by Gasteiger charge is 2.19. The van der Waals surface area contributed by atoms with Gasteiger partial charge in [0, 0.05) is 12.1 Å². The van der Waals surface area contributed by atoms with E-state index in [4.69, 9.17) is 9.47 Å². The number of hydrogen-bond donors (Lipinski definition) is 1. The molecule has 1 aromatic carbocycles. The minimum Gasteiger partial charge on any atom is -0.496 e. The van der Waals surface area contributed by atoms with E-state index in [9.17, 15) is 0 Å². The van der Waals surface area contributed by atoms with Gasteiger partial charge in [-0.15, -0.1) is 0 Å². The average Bonchev–Trinajstić information content (AvgIpc) is 2.54. The normalized spacial score (nSPS) is 10.3. The van der Waals surface area contributed by atoms with Crippen LogP contribution >= 0.6 is 0 Å². The zero-order valence-electron chi connectivity index (χ0n) is 12.9. The summed E-state index contributed by atoms with van der Waals surface area (Å²) in [5.41, 5.74) is 2.76. The zero-order chi connectivity index (χ0) is 15.2. The molecule has 0 aliphatic rings. The number of anilines is 1. The third-order valence-corrected chi connectivity index (χ3v) is 3.31. The largest absolute Gasteiger partial charge is 0.496 e. The molecule has 0 aliphatic carbocycles.